The van der Waals surface area contributed by atoms with Gasteiger partial charge in [-0.25, -0.2) is 4.79 Å². The number of benzene rings is 1. The first-order chi connectivity index (χ1) is 9.74. The molecule has 1 aromatic rings. The SMILES string of the molecule is Cl.Cl.O=C(CCN1CCNCC1)NC(=O)Nc1ccccc1. The molecule has 22 heavy (non-hydrogen) atoms. The minimum atomic E-state index is -0.485. The molecular weight excluding hydrogens is 327 g/mol. The van der Waals surface area contributed by atoms with Crippen molar-refractivity contribution in [3.63, 3.8) is 0 Å². The van der Waals surface area contributed by atoms with Crippen LogP contribution in [0.25, 0.3) is 0 Å². The zero-order valence-electron chi connectivity index (χ0n) is 12.2. The van der Waals surface area contributed by atoms with Crippen LogP contribution in [-0.2, 0) is 4.79 Å². The molecule has 3 amide bonds. The molecule has 8 heteroatoms. The summed E-state index contributed by atoms with van der Waals surface area (Å²) in [5.41, 5.74) is 0.667. The lowest BCUT2D eigenvalue weighted by atomic mass is 10.3. The van der Waals surface area contributed by atoms with E-state index in [1.807, 2.05) is 18.2 Å². The Hall–Kier alpha value is -1.34. The lowest BCUT2D eigenvalue weighted by Gasteiger charge is -2.26. The summed E-state index contributed by atoms with van der Waals surface area (Å²) in [6.07, 6.45) is 0.336. The second kappa shape index (κ2) is 11.3. The number of amides is 3. The van der Waals surface area contributed by atoms with Gasteiger partial charge in [0.2, 0.25) is 5.91 Å². The molecule has 0 radical (unpaired) electrons. The number of urea groups is 1. The van der Waals surface area contributed by atoms with Gasteiger partial charge < -0.3 is 15.5 Å². The van der Waals surface area contributed by atoms with E-state index in [0.29, 0.717) is 18.7 Å². The molecule has 0 aliphatic carbocycles. The molecule has 0 unspecified atom stereocenters. The summed E-state index contributed by atoms with van der Waals surface area (Å²) in [6, 6.07) is 8.56. The Balaban J connectivity index is 0.00000220. The lowest BCUT2D eigenvalue weighted by Crippen LogP contribution is -2.45. The normalized spacial score (nSPS) is 14.2. The predicted octanol–water partition coefficient (Wildman–Crippen LogP) is 1.47. The van der Waals surface area contributed by atoms with E-state index in [1.54, 1.807) is 12.1 Å². The fourth-order valence-corrected chi connectivity index (χ4v) is 2.07. The van der Waals surface area contributed by atoms with Crippen LogP contribution in [0.15, 0.2) is 30.3 Å². The van der Waals surface area contributed by atoms with Crippen molar-refractivity contribution < 1.29 is 9.59 Å². The van der Waals surface area contributed by atoms with E-state index in [1.165, 1.54) is 0 Å². The van der Waals surface area contributed by atoms with Gasteiger partial charge in [0.05, 0.1) is 0 Å². The van der Waals surface area contributed by atoms with Crippen LogP contribution in [0.3, 0.4) is 0 Å². The van der Waals surface area contributed by atoms with Crippen molar-refractivity contribution in [3.8, 4) is 0 Å². The van der Waals surface area contributed by atoms with E-state index in [0.717, 1.165) is 26.2 Å². The summed E-state index contributed by atoms with van der Waals surface area (Å²) in [4.78, 5) is 25.5. The number of halogens is 2. The number of piperazine rings is 1. The lowest BCUT2D eigenvalue weighted by molar-refractivity contribution is -0.120. The number of hydrogen-bond acceptors (Lipinski definition) is 4. The predicted molar refractivity (Wildman–Crippen MR) is 92.0 cm³/mol. The number of imide groups is 1. The van der Waals surface area contributed by atoms with Gasteiger partial charge in [0.1, 0.15) is 0 Å². The van der Waals surface area contributed by atoms with Gasteiger partial charge in [0, 0.05) is 44.8 Å². The number of nitrogens with one attached hydrogen (secondary N) is 3. The van der Waals surface area contributed by atoms with Crippen molar-refractivity contribution in [1.29, 1.82) is 0 Å². The van der Waals surface area contributed by atoms with Crippen LogP contribution in [0.4, 0.5) is 10.5 Å². The smallest absolute Gasteiger partial charge is 0.314 e. The van der Waals surface area contributed by atoms with Crippen molar-refractivity contribution in [3.05, 3.63) is 30.3 Å². The first-order valence-corrected chi connectivity index (χ1v) is 6.83. The van der Waals surface area contributed by atoms with Gasteiger partial charge in [-0.3, -0.25) is 10.1 Å². The molecule has 1 fully saturated rings. The molecule has 0 aromatic heterocycles. The van der Waals surface area contributed by atoms with Gasteiger partial charge in [-0.1, -0.05) is 18.2 Å². The second-order valence-corrected chi connectivity index (χ2v) is 4.71. The van der Waals surface area contributed by atoms with Gasteiger partial charge in [0.25, 0.3) is 0 Å². The molecule has 124 valence electrons. The van der Waals surface area contributed by atoms with Gasteiger partial charge in [-0.05, 0) is 12.1 Å². The van der Waals surface area contributed by atoms with E-state index in [4.69, 9.17) is 0 Å². The maximum atomic E-state index is 11.7. The molecule has 2 rings (SSSR count). The van der Waals surface area contributed by atoms with E-state index in [-0.39, 0.29) is 30.7 Å². The van der Waals surface area contributed by atoms with Gasteiger partial charge >= 0.3 is 6.03 Å². The minimum absolute atomic E-state index is 0. The first-order valence-electron chi connectivity index (χ1n) is 6.83. The molecule has 1 aliphatic heterocycles. The summed E-state index contributed by atoms with van der Waals surface area (Å²) < 4.78 is 0. The highest BCUT2D eigenvalue weighted by atomic mass is 35.5. The Morgan fingerprint density at radius 2 is 1.73 bits per heavy atom. The Labute approximate surface area is 142 Å². The molecule has 6 nitrogen and oxygen atoms in total. The highest BCUT2D eigenvalue weighted by Gasteiger charge is 2.12. The van der Waals surface area contributed by atoms with Crippen LogP contribution in [0.2, 0.25) is 0 Å². The summed E-state index contributed by atoms with van der Waals surface area (Å²) in [7, 11) is 0. The van der Waals surface area contributed by atoms with Crippen LogP contribution >= 0.6 is 24.8 Å². The Morgan fingerprint density at radius 1 is 1.09 bits per heavy atom. The maximum absolute atomic E-state index is 11.7. The Morgan fingerprint density at radius 3 is 2.36 bits per heavy atom. The summed E-state index contributed by atoms with van der Waals surface area (Å²) in [5, 5.41) is 8.21. The molecule has 1 aromatic carbocycles. The zero-order chi connectivity index (χ0) is 14.2. The third kappa shape index (κ3) is 7.61. The Bertz CT molecular complexity index is 453. The van der Waals surface area contributed by atoms with Crippen molar-refractivity contribution >= 4 is 42.4 Å². The molecule has 0 bridgehead atoms. The topological polar surface area (TPSA) is 73.5 Å². The Kier molecular flexibility index (Phi) is 10.6. The maximum Gasteiger partial charge on any atom is 0.325 e. The monoisotopic (exact) mass is 348 g/mol. The molecule has 3 N–H and O–H groups in total. The minimum Gasteiger partial charge on any atom is -0.314 e. The molecule has 0 atom stereocenters. The largest absolute Gasteiger partial charge is 0.325 e. The van der Waals surface area contributed by atoms with Crippen molar-refractivity contribution in [2.75, 3.05) is 38.0 Å². The quantitative estimate of drug-likeness (QED) is 0.770. The fraction of sp³-hybridized carbons (Fsp3) is 0.429. The summed E-state index contributed by atoms with van der Waals surface area (Å²) >= 11 is 0. The van der Waals surface area contributed by atoms with Crippen LogP contribution in [-0.4, -0.2) is 49.6 Å². The summed E-state index contributed by atoms with van der Waals surface area (Å²) in [5.74, 6) is -0.253. The number of carbonyl (C=O) groups excluding carboxylic acids is 2. The van der Waals surface area contributed by atoms with Crippen molar-refractivity contribution in [1.82, 2.24) is 15.5 Å². The third-order valence-corrected chi connectivity index (χ3v) is 3.15. The number of anilines is 1. The van der Waals surface area contributed by atoms with Crippen molar-refractivity contribution in [2.24, 2.45) is 0 Å². The standard InChI is InChI=1S/C14H20N4O2.2ClH/c19-13(6-9-18-10-7-15-8-11-18)17-14(20)16-12-4-2-1-3-5-12;;/h1-5,15H,6-11H2,(H2,16,17,19,20);2*1H. The van der Waals surface area contributed by atoms with E-state index < -0.39 is 6.03 Å². The number of hydrogen-bond donors (Lipinski definition) is 3. The molecule has 1 saturated heterocycles. The van der Waals surface area contributed by atoms with Crippen LogP contribution in [0.1, 0.15) is 6.42 Å². The van der Waals surface area contributed by atoms with Crippen LogP contribution < -0.4 is 16.0 Å². The van der Waals surface area contributed by atoms with Crippen LogP contribution in [0.5, 0.6) is 0 Å². The van der Waals surface area contributed by atoms with Crippen molar-refractivity contribution in [2.45, 2.75) is 6.42 Å². The average molecular weight is 349 g/mol. The van der Waals surface area contributed by atoms with Crippen LogP contribution in [0, 0.1) is 0 Å². The summed E-state index contributed by atoms with van der Waals surface area (Å²) in [6.45, 7) is 4.49. The molecule has 0 saturated carbocycles. The number of para-hydroxylation sites is 1. The average Bonchev–Trinajstić information content (AvgIpc) is 2.47. The van der Waals surface area contributed by atoms with Gasteiger partial charge in [-0.15, -0.1) is 24.8 Å². The second-order valence-electron chi connectivity index (χ2n) is 4.71. The zero-order valence-corrected chi connectivity index (χ0v) is 13.8. The number of nitrogens with zero attached hydrogens (tertiary/aromatic N) is 1. The van der Waals surface area contributed by atoms with Gasteiger partial charge in [-0.2, -0.15) is 0 Å². The van der Waals surface area contributed by atoms with E-state index >= 15 is 0 Å². The highest BCUT2D eigenvalue weighted by Crippen LogP contribution is 2.04. The molecule has 1 heterocycles. The highest BCUT2D eigenvalue weighted by molar-refractivity contribution is 6.01. The molecule has 0 spiro atoms. The first kappa shape index (κ1) is 20.7. The molecule has 1 aliphatic rings. The molecular formula is C14H22Cl2N4O2. The van der Waals surface area contributed by atoms with E-state index in [2.05, 4.69) is 20.9 Å². The van der Waals surface area contributed by atoms with E-state index in [9.17, 15) is 9.59 Å². The number of rotatable bonds is 4. The third-order valence-electron chi connectivity index (χ3n) is 3.15. The number of carbonyl (C=O) groups is 2. The van der Waals surface area contributed by atoms with Gasteiger partial charge in [0.15, 0.2) is 0 Å². The fourth-order valence-electron chi connectivity index (χ4n) is 2.07.